The molecule has 4 N–H and O–H groups in total. The lowest BCUT2D eigenvalue weighted by atomic mass is 10.0. The zero-order chi connectivity index (χ0) is 35.3. The molecule has 12 heteroatoms. The zero-order valence-corrected chi connectivity index (χ0v) is 29.3. The Morgan fingerprint density at radius 2 is 1.73 bits per heavy atom. The van der Waals surface area contributed by atoms with Crippen molar-refractivity contribution in [3.05, 3.63) is 89.0 Å². The summed E-state index contributed by atoms with van der Waals surface area (Å²) in [5.74, 6) is 0.152. The molecule has 3 aromatic rings. The van der Waals surface area contributed by atoms with Crippen LogP contribution in [-0.4, -0.2) is 72.4 Å². The first-order chi connectivity index (χ1) is 23.2. The van der Waals surface area contributed by atoms with Crippen molar-refractivity contribution >= 4 is 39.6 Å². The number of carbonyl (C=O) groups excluding carboxylic acids is 2. The van der Waals surface area contributed by atoms with Crippen LogP contribution in [0.25, 0.3) is 17.2 Å². The summed E-state index contributed by atoms with van der Waals surface area (Å²) in [6, 6.07) is 20.1. The van der Waals surface area contributed by atoms with E-state index in [2.05, 4.69) is 10.3 Å². The van der Waals surface area contributed by atoms with Crippen LogP contribution < -0.4 is 11.1 Å². The first kappa shape index (κ1) is 35.8. The number of aliphatic imine (C=N–C) groups is 1. The predicted molar refractivity (Wildman–Crippen MR) is 190 cm³/mol. The Hall–Kier alpha value is -4.52. The highest BCUT2D eigenvalue weighted by Crippen LogP contribution is 2.34. The highest BCUT2D eigenvalue weighted by Gasteiger charge is 2.36. The minimum Gasteiger partial charge on any atom is -0.444 e. The summed E-state index contributed by atoms with van der Waals surface area (Å²) in [5.41, 5.74) is 11.0. The van der Waals surface area contributed by atoms with Crippen LogP contribution in [0.4, 0.5) is 10.5 Å². The number of carbonyl (C=O) groups is 2. The van der Waals surface area contributed by atoms with Gasteiger partial charge < -0.3 is 25.8 Å². The summed E-state index contributed by atoms with van der Waals surface area (Å²) >= 11 is 0. The van der Waals surface area contributed by atoms with Crippen LogP contribution in [0.1, 0.15) is 57.2 Å². The summed E-state index contributed by atoms with van der Waals surface area (Å²) in [4.78, 5) is 32.6. The maximum atomic E-state index is 13.9. The second kappa shape index (κ2) is 14.9. The number of aliphatic hydroxyl groups excluding tert-OH is 1. The molecule has 260 valence electrons. The van der Waals surface area contributed by atoms with E-state index < -0.39 is 21.7 Å². The highest BCUT2D eigenvalue weighted by molar-refractivity contribution is 7.89. The lowest BCUT2D eigenvalue weighted by Gasteiger charge is -2.36. The molecule has 2 aliphatic heterocycles. The molecule has 0 saturated carbocycles. The number of alkyl carbamates (subject to hydrolysis) is 1. The third kappa shape index (κ3) is 8.94. The van der Waals surface area contributed by atoms with Gasteiger partial charge in [0.2, 0.25) is 10.0 Å². The SMILES string of the molecule is CCCN(Cc1ccc(CNC(=O)OC(C)(C)C)cc1)C(=O)C1=Cc2ccc(-c3cccc(S(=O)(=O)N4CC(CO)C4)c3)cc2N=C(N)C1. The molecule has 0 unspecified atom stereocenters. The number of nitrogens with one attached hydrogen (secondary N) is 1. The Kier molecular flexibility index (Phi) is 10.9. The molecule has 1 saturated heterocycles. The second-order valence-corrected chi connectivity index (χ2v) is 15.5. The van der Waals surface area contributed by atoms with Gasteiger partial charge in [-0.25, -0.2) is 18.2 Å². The van der Waals surface area contributed by atoms with E-state index in [-0.39, 0.29) is 29.7 Å². The Bertz CT molecular complexity index is 1860. The Morgan fingerprint density at radius 3 is 2.41 bits per heavy atom. The molecule has 0 bridgehead atoms. The van der Waals surface area contributed by atoms with E-state index in [4.69, 9.17) is 10.5 Å². The summed E-state index contributed by atoms with van der Waals surface area (Å²) in [6.45, 7) is 9.33. The van der Waals surface area contributed by atoms with Crippen molar-refractivity contribution in [1.29, 1.82) is 0 Å². The van der Waals surface area contributed by atoms with Crippen LogP contribution in [0, 0.1) is 5.92 Å². The quantitative estimate of drug-likeness (QED) is 0.250. The van der Waals surface area contributed by atoms with Crippen LogP contribution in [0.2, 0.25) is 0 Å². The number of nitrogens with zero attached hydrogens (tertiary/aromatic N) is 3. The van der Waals surface area contributed by atoms with Crippen LogP contribution >= 0.6 is 0 Å². The van der Waals surface area contributed by atoms with Gasteiger partial charge in [-0.1, -0.05) is 55.5 Å². The molecule has 0 spiro atoms. The van der Waals surface area contributed by atoms with Crippen molar-refractivity contribution in [1.82, 2.24) is 14.5 Å². The summed E-state index contributed by atoms with van der Waals surface area (Å²) in [7, 11) is -3.67. The van der Waals surface area contributed by atoms with Crippen molar-refractivity contribution in [3.8, 4) is 11.1 Å². The van der Waals surface area contributed by atoms with E-state index in [9.17, 15) is 23.1 Å². The largest absolute Gasteiger partial charge is 0.444 e. The third-order valence-corrected chi connectivity index (χ3v) is 10.1. The fourth-order valence-electron chi connectivity index (χ4n) is 5.72. The van der Waals surface area contributed by atoms with Gasteiger partial charge in [0, 0.05) is 62.8 Å². The first-order valence-electron chi connectivity index (χ1n) is 16.5. The van der Waals surface area contributed by atoms with E-state index in [1.165, 1.54) is 4.31 Å². The van der Waals surface area contributed by atoms with Crippen molar-refractivity contribution < 1.29 is 27.9 Å². The summed E-state index contributed by atoms with van der Waals surface area (Å²) in [6.07, 6.45) is 2.32. The van der Waals surface area contributed by atoms with Gasteiger partial charge in [0.1, 0.15) is 11.4 Å². The fourth-order valence-corrected chi connectivity index (χ4v) is 7.36. The molecule has 1 fully saturated rings. The van der Waals surface area contributed by atoms with Gasteiger partial charge in [0.25, 0.3) is 5.91 Å². The zero-order valence-electron chi connectivity index (χ0n) is 28.5. The molecule has 2 heterocycles. The highest BCUT2D eigenvalue weighted by atomic mass is 32.2. The van der Waals surface area contributed by atoms with E-state index in [1.54, 1.807) is 23.1 Å². The Labute approximate surface area is 288 Å². The first-order valence-corrected chi connectivity index (χ1v) is 17.9. The molecule has 11 nitrogen and oxygen atoms in total. The van der Waals surface area contributed by atoms with Crippen LogP contribution in [0.15, 0.2) is 82.2 Å². The predicted octanol–water partition coefficient (Wildman–Crippen LogP) is 5.21. The molecule has 49 heavy (non-hydrogen) atoms. The number of ether oxygens (including phenoxy) is 1. The average molecular weight is 688 g/mol. The molecule has 0 aliphatic carbocycles. The van der Waals surface area contributed by atoms with Gasteiger partial charge in [0.05, 0.1) is 10.6 Å². The number of rotatable bonds is 11. The van der Waals surface area contributed by atoms with Gasteiger partial charge in [0.15, 0.2) is 0 Å². The number of amidine groups is 1. The van der Waals surface area contributed by atoms with Crippen molar-refractivity contribution in [2.75, 3.05) is 26.2 Å². The van der Waals surface area contributed by atoms with Gasteiger partial charge in [-0.3, -0.25) is 4.79 Å². The van der Waals surface area contributed by atoms with Gasteiger partial charge in [-0.15, -0.1) is 0 Å². The minimum atomic E-state index is -3.67. The Balaban J connectivity index is 1.30. The maximum Gasteiger partial charge on any atom is 0.407 e. The number of aliphatic hydroxyl groups is 1. The summed E-state index contributed by atoms with van der Waals surface area (Å²) in [5, 5.41) is 12.1. The number of fused-ring (bicyclic) bond motifs is 1. The number of benzene rings is 3. The molecule has 3 aromatic carbocycles. The van der Waals surface area contributed by atoms with E-state index in [0.29, 0.717) is 55.4 Å². The topological polar surface area (TPSA) is 155 Å². The number of amides is 2. The maximum absolute atomic E-state index is 13.9. The van der Waals surface area contributed by atoms with Crippen LogP contribution in [0.5, 0.6) is 0 Å². The molecule has 0 atom stereocenters. The van der Waals surface area contributed by atoms with E-state index in [1.807, 2.05) is 82.3 Å². The van der Waals surface area contributed by atoms with Gasteiger partial charge >= 0.3 is 6.09 Å². The standard InChI is InChI=1S/C37H45N5O6S/c1-5-15-41(21-26-11-9-25(10-12-26)20-39-36(45)48-37(2,3)4)35(44)31-16-30-14-13-29(18-33(30)40-34(38)19-31)28-7-6-8-32(17-28)49(46,47)42-22-27(23-42)24-43/h6-14,16-18,27,43H,5,15,19-24H2,1-4H3,(H2,38,40)(H,39,45). The normalized spacial score (nSPS) is 15.3. The molecule has 2 amide bonds. The van der Waals surface area contributed by atoms with E-state index in [0.717, 1.165) is 28.7 Å². The lowest BCUT2D eigenvalue weighted by Crippen LogP contribution is -2.51. The van der Waals surface area contributed by atoms with E-state index >= 15 is 0 Å². The van der Waals surface area contributed by atoms with Gasteiger partial charge in [-0.05, 0) is 73.7 Å². The number of sulfonamides is 1. The van der Waals surface area contributed by atoms with Crippen LogP contribution in [-0.2, 0) is 32.6 Å². The van der Waals surface area contributed by atoms with Gasteiger partial charge in [-0.2, -0.15) is 4.31 Å². The Morgan fingerprint density at radius 1 is 1.04 bits per heavy atom. The molecule has 2 aliphatic rings. The van der Waals surface area contributed by atoms with Crippen molar-refractivity contribution in [2.45, 2.75) is 64.1 Å². The van der Waals surface area contributed by atoms with Crippen LogP contribution in [0.3, 0.4) is 0 Å². The average Bonchev–Trinajstić information content (AvgIpc) is 3.20. The van der Waals surface area contributed by atoms with Crippen molar-refractivity contribution in [2.24, 2.45) is 16.6 Å². The minimum absolute atomic E-state index is 0.0301. The smallest absolute Gasteiger partial charge is 0.407 e. The molecule has 0 radical (unpaired) electrons. The van der Waals surface area contributed by atoms with Crippen molar-refractivity contribution in [3.63, 3.8) is 0 Å². The number of nitrogens with two attached hydrogens (primary N) is 1. The molecular formula is C37H45N5O6S. The molecular weight excluding hydrogens is 643 g/mol. The second-order valence-electron chi connectivity index (χ2n) is 13.5. The number of hydrogen-bond acceptors (Lipinski definition) is 8. The monoisotopic (exact) mass is 687 g/mol. The third-order valence-electron chi connectivity index (χ3n) is 8.27. The fraction of sp³-hybridized carbons (Fsp3) is 0.378. The molecule has 0 aromatic heterocycles. The lowest BCUT2D eigenvalue weighted by molar-refractivity contribution is -0.127. The summed E-state index contributed by atoms with van der Waals surface area (Å²) < 4.78 is 33.0. The molecule has 5 rings (SSSR count). The number of hydrogen-bond donors (Lipinski definition) is 3.